The maximum absolute atomic E-state index is 12.3. The second kappa shape index (κ2) is 11.0. The van der Waals surface area contributed by atoms with Gasteiger partial charge in [0, 0.05) is 51.1 Å². The quantitative estimate of drug-likeness (QED) is 0.730. The molecule has 2 N–H and O–H groups in total. The Labute approximate surface area is 158 Å². The fourth-order valence-corrected chi connectivity index (χ4v) is 3.25. The first-order valence-electron chi connectivity index (χ1n) is 9.48. The van der Waals surface area contributed by atoms with Crippen LogP contribution in [0.15, 0.2) is 0 Å². The van der Waals surface area contributed by atoms with Crippen LogP contribution in [0.25, 0.3) is 0 Å². The number of rotatable bonds is 6. The molecule has 2 rings (SSSR count). The number of piperidine rings is 1. The third-order valence-electron chi connectivity index (χ3n) is 5.44. The van der Waals surface area contributed by atoms with E-state index >= 15 is 0 Å². The van der Waals surface area contributed by atoms with Gasteiger partial charge >= 0.3 is 0 Å². The predicted octanol–water partition coefficient (Wildman–Crippen LogP) is 1.10. The van der Waals surface area contributed by atoms with Gasteiger partial charge in [-0.25, -0.2) is 0 Å². The minimum atomic E-state index is 0. The molecule has 2 heterocycles. The van der Waals surface area contributed by atoms with E-state index in [0.717, 1.165) is 58.7 Å². The molecule has 146 valence electrons. The van der Waals surface area contributed by atoms with Crippen molar-refractivity contribution in [3.63, 3.8) is 0 Å². The molecule has 2 aliphatic heterocycles. The van der Waals surface area contributed by atoms with Gasteiger partial charge in [-0.15, -0.1) is 12.4 Å². The highest BCUT2D eigenvalue weighted by molar-refractivity contribution is 5.85. The van der Waals surface area contributed by atoms with Crippen LogP contribution in [0, 0.1) is 11.8 Å². The van der Waals surface area contributed by atoms with E-state index in [0.29, 0.717) is 12.3 Å². The monoisotopic (exact) mass is 374 g/mol. The minimum Gasteiger partial charge on any atom is -0.353 e. The maximum Gasteiger partial charge on any atom is 0.223 e. The summed E-state index contributed by atoms with van der Waals surface area (Å²) in [6.45, 7) is 12.4. The lowest BCUT2D eigenvalue weighted by molar-refractivity contribution is -0.132. The number of nitrogens with zero attached hydrogens (tertiary/aromatic N) is 2. The molecule has 25 heavy (non-hydrogen) atoms. The second-order valence-corrected chi connectivity index (χ2v) is 7.54. The molecule has 6 nitrogen and oxygen atoms in total. The summed E-state index contributed by atoms with van der Waals surface area (Å²) in [5.74, 6) is 1.06. The van der Waals surface area contributed by atoms with Crippen LogP contribution in [-0.4, -0.2) is 73.5 Å². The van der Waals surface area contributed by atoms with E-state index in [1.807, 2.05) is 4.90 Å². The summed E-state index contributed by atoms with van der Waals surface area (Å²) >= 11 is 0. The number of amides is 2. The van der Waals surface area contributed by atoms with E-state index in [-0.39, 0.29) is 36.2 Å². The number of likely N-dealkylation sites (tertiary alicyclic amines) is 1. The van der Waals surface area contributed by atoms with Crippen molar-refractivity contribution in [2.75, 3.05) is 45.8 Å². The Balaban J connectivity index is 0.00000312. The van der Waals surface area contributed by atoms with Gasteiger partial charge in [0.05, 0.1) is 0 Å². The van der Waals surface area contributed by atoms with Crippen LogP contribution in [0.4, 0.5) is 0 Å². The summed E-state index contributed by atoms with van der Waals surface area (Å²) < 4.78 is 0. The summed E-state index contributed by atoms with van der Waals surface area (Å²) in [5.41, 5.74) is 0. The fraction of sp³-hybridized carbons (Fsp3) is 0.889. The number of carbonyl (C=O) groups excluding carboxylic acids is 2. The predicted molar refractivity (Wildman–Crippen MR) is 103 cm³/mol. The van der Waals surface area contributed by atoms with E-state index in [9.17, 15) is 9.59 Å². The van der Waals surface area contributed by atoms with Crippen LogP contribution in [-0.2, 0) is 9.59 Å². The minimum absolute atomic E-state index is 0. The zero-order valence-corrected chi connectivity index (χ0v) is 16.7. The lowest BCUT2D eigenvalue weighted by atomic mass is 9.94. The first kappa shape index (κ1) is 22.2. The normalized spacial score (nSPS) is 20.9. The summed E-state index contributed by atoms with van der Waals surface area (Å²) in [6.07, 6.45) is 2.40. The molecule has 2 amide bonds. The molecule has 2 aliphatic rings. The van der Waals surface area contributed by atoms with E-state index in [4.69, 9.17) is 0 Å². The van der Waals surface area contributed by atoms with E-state index in [1.165, 1.54) is 0 Å². The highest BCUT2D eigenvalue weighted by atomic mass is 35.5. The van der Waals surface area contributed by atoms with Gasteiger partial charge in [0.2, 0.25) is 11.8 Å². The molecule has 0 spiro atoms. The lowest BCUT2D eigenvalue weighted by Crippen LogP contribution is -2.48. The Hall–Kier alpha value is -0.850. The summed E-state index contributed by atoms with van der Waals surface area (Å²) in [7, 11) is 0. The SMILES string of the molecule is CC(C)C(C)NC(=O)C1CCN(CCC(=O)N2CCNCC2)CC1.Cl. The van der Waals surface area contributed by atoms with Gasteiger partial charge in [0.25, 0.3) is 0 Å². The number of nitrogens with one attached hydrogen (secondary N) is 2. The van der Waals surface area contributed by atoms with Crippen molar-refractivity contribution < 1.29 is 9.59 Å². The van der Waals surface area contributed by atoms with Gasteiger partial charge in [-0.1, -0.05) is 13.8 Å². The van der Waals surface area contributed by atoms with Crippen LogP contribution in [0.3, 0.4) is 0 Å². The smallest absolute Gasteiger partial charge is 0.223 e. The van der Waals surface area contributed by atoms with Crippen molar-refractivity contribution in [1.82, 2.24) is 20.4 Å². The van der Waals surface area contributed by atoms with Gasteiger partial charge in [-0.05, 0) is 38.8 Å². The van der Waals surface area contributed by atoms with Crippen LogP contribution in [0.5, 0.6) is 0 Å². The molecule has 1 unspecified atom stereocenters. The second-order valence-electron chi connectivity index (χ2n) is 7.54. The number of halogens is 1. The Morgan fingerprint density at radius 3 is 2.24 bits per heavy atom. The highest BCUT2D eigenvalue weighted by Crippen LogP contribution is 2.18. The van der Waals surface area contributed by atoms with Crippen LogP contribution in [0.1, 0.15) is 40.0 Å². The standard InChI is InChI=1S/C18H34N4O2.ClH/c1-14(2)15(3)20-18(24)16-4-9-21(10-5-16)11-6-17(23)22-12-7-19-8-13-22;/h14-16,19H,4-13H2,1-3H3,(H,20,24);1H. The molecule has 0 aromatic heterocycles. The van der Waals surface area contributed by atoms with Gasteiger partial charge in [-0.3, -0.25) is 9.59 Å². The van der Waals surface area contributed by atoms with Crippen LogP contribution >= 0.6 is 12.4 Å². The van der Waals surface area contributed by atoms with Crippen molar-refractivity contribution in [2.45, 2.75) is 46.1 Å². The highest BCUT2D eigenvalue weighted by Gasteiger charge is 2.26. The van der Waals surface area contributed by atoms with E-state index in [2.05, 4.69) is 36.3 Å². The number of carbonyl (C=O) groups is 2. The average Bonchev–Trinajstić information content (AvgIpc) is 2.60. The number of piperazine rings is 1. The Morgan fingerprint density at radius 2 is 1.68 bits per heavy atom. The largest absolute Gasteiger partial charge is 0.353 e. The Bertz CT molecular complexity index is 419. The summed E-state index contributed by atoms with van der Waals surface area (Å²) in [5, 5.41) is 6.40. The maximum atomic E-state index is 12.3. The van der Waals surface area contributed by atoms with Gasteiger partial charge in [0.1, 0.15) is 0 Å². The van der Waals surface area contributed by atoms with Crippen molar-refractivity contribution in [3.05, 3.63) is 0 Å². The average molecular weight is 375 g/mol. The van der Waals surface area contributed by atoms with Crippen molar-refractivity contribution in [2.24, 2.45) is 11.8 Å². The van der Waals surface area contributed by atoms with Crippen molar-refractivity contribution in [3.8, 4) is 0 Å². The molecule has 0 aromatic carbocycles. The molecule has 0 saturated carbocycles. The van der Waals surface area contributed by atoms with Crippen LogP contribution < -0.4 is 10.6 Å². The topological polar surface area (TPSA) is 64.7 Å². The molecule has 7 heteroatoms. The molecule has 0 aromatic rings. The van der Waals surface area contributed by atoms with E-state index < -0.39 is 0 Å². The summed E-state index contributed by atoms with van der Waals surface area (Å²) in [6, 6.07) is 0.229. The first-order chi connectivity index (χ1) is 11.5. The molecular formula is C18H35ClN4O2. The molecule has 1 atom stereocenters. The number of hydrogen-bond acceptors (Lipinski definition) is 4. The number of hydrogen-bond donors (Lipinski definition) is 2. The van der Waals surface area contributed by atoms with Crippen LogP contribution in [0.2, 0.25) is 0 Å². The Morgan fingerprint density at radius 1 is 1.08 bits per heavy atom. The molecule has 2 fully saturated rings. The molecule has 0 aliphatic carbocycles. The molecule has 0 bridgehead atoms. The van der Waals surface area contributed by atoms with Crippen molar-refractivity contribution >= 4 is 24.2 Å². The zero-order valence-electron chi connectivity index (χ0n) is 15.9. The Kier molecular flexibility index (Phi) is 9.75. The van der Waals surface area contributed by atoms with Gasteiger partial charge < -0.3 is 20.4 Å². The van der Waals surface area contributed by atoms with E-state index in [1.54, 1.807) is 0 Å². The van der Waals surface area contributed by atoms with Gasteiger partial charge in [0.15, 0.2) is 0 Å². The summed E-state index contributed by atoms with van der Waals surface area (Å²) in [4.78, 5) is 28.8. The van der Waals surface area contributed by atoms with Crippen molar-refractivity contribution in [1.29, 1.82) is 0 Å². The first-order valence-corrected chi connectivity index (χ1v) is 9.48. The fourth-order valence-electron chi connectivity index (χ4n) is 3.25. The molecule has 0 radical (unpaired) electrons. The molecule has 2 saturated heterocycles. The third-order valence-corrected chi connectivity index (χ3v) is 5.44. The lowest BCUT2D eigenvalue weighted by Gasteiger charge is -2.33. The zero-order chi connectivity index (χ0) is 17.5. The van der Waals surface area contributed by atoms with Gasteiger partial charge in [-0.2, -0.15) is 0 Å². The third kappa shape index (κ3) is 7.12. The molecular weight excluding hydrogens is 340 g/mol.